The maximum Gasteiger partial charge on any atom is 0.257 e. The molecule has 1 heterocycles. The molecule has 1 saturated carbocycles. The van der Waals surface area contributed by atoms with Gasteiger partial charge >= 0.3 is 0 Å². The average molecular weight is 393 g/mol. The first-order valence-corrected chi connectivity index (χ1v) is 9.09. The summed E-state index contributed by atoms with van der Waals surface area (Å²) in [5.74, 6) is -0.757. The van der Waals surface area contributed by atoms with Crippen LogP contribution < -0.4 is 5.32 Å². The van der Waals surface area contributed by atoms with E-state index in [-0.39, 0.29) is 37.3 Å². The maximum absolute atomic E-state index is 13.1. The van der Waals surface area contributed by atoms with E-state index in [2.05, 4.69) is 15.3 Å². The van der Waals surface area contributed by atoms with Crippen LogP contribution in [-0.2, 0) is 9.53 Å². The van der Waals surface area contributed by atoms with E-state index >= 15 is 0 Å². The molecule has 1 aliphatic carbocycles. The number of carbonyl (C=O) groups excluding carboxylic acids is 1. The lowest BCUT2D eigenvalue weighted by molar-refractivity contribution is -0.144. The lowest BCUT2D eigenvalue weighted by atomic mass is 9.78. The van der Waals surface area contributed by atoms with Crippen molar-refractivity contribution in [3.05, 3.63) is 42.0 Å². The van der Waals surface area contributed by atoms with Gasteiger partial charge in [0.05, 0.1) is 5.69 Å². The third-order valence-corrected chi connectivity index (χ3v) is 5.22. The summed E-state index contributed by atoms with van der Waals surface area (Å²) >= 11 is 0. The number of anilines is 1. The van der Waals surface area contributed by atoms with Gasteiger partial charge in [0.25, 0.3) is 5.91 Å². The van der Waals surface area contributed by atoms with Crippen molar-refractivity contribution in [2.24, 2.45) is 5.92 Å². The Kier molecular flexibility index (Phi) is 5.98. The Morgan fingerprint density at radius 1 is 1.21 bits per heavy atom. The van der Waals surface area contributed by atoms with Crippen molar-refractivity contribution >= 4 is 11.7 Å². The van der Waals surface area contributed by atoms with Crippen LogP contribution in [0.25, 0.3) is 11.3 Å². The Morgan fingerprint density at radius 3 is 2.43 bits per heavy atom. The quantitative estimate of drug-likeness (QED) is 0.819. The Hall–Kier alpha value is -2.48. The highest BCUT2D eigenvalue weighted by molar-refractivity contribution is 5.97. The Balaban J connectivity index is 1.79. The predicted molar refractivity (Wildman–Crippen MR) is 98.5 cm³/mol. The van der Waals surface area contributed by atoms with Crippen LogP contribution in [0.5, 0.6) is 0 Å². The molecule has 0 bridgehead atoms. The second kappa shape index (κ2) is 8.26. The van der Waals surface area contributed by atoms with Gasteiger partial charge in [-0.1, -0.05) is 0 Å². The van der Waals surface area contributed by atoms with Gasteiger partial charge in [-0.05, 0) is 56.9 Å². The number of methoxy groups -OCH3 is 1. The van der Waals surface area contributed by atoms with Gasteiger partial charge in [-0.25, -0.2) is 23.1 Å². The number of benzene rings is 1. The third-order valence-electron chi connectivity index (χ3n) is 5.22. The number of ether oxygens (including phenoxy) is 1. The molecule has 1 fully saturated rings. The summed E-state index contributed by atoms with van der Waals surface area (Å²) in [5.41, 5.74) is 0.0669. The lowest BCUT2D eigenvalue weighted by Gasteiger charge is -2.37. The molecule has 0 saturated heterocycles. The molecule has 0 radical (unpaired) electrons. The van der Waals surface area contributed by atoms with Gasteiger partial charge in [-0.15, -0.1) is 0 Å². The monoisotopic (exact) mass is 393 g/mol. The molecule has 0 spiro atoms. The first-order chi connectivity index (χ1) is 13.3. The second-order valence-electron chi connectivity index (χ2n) is 7.02. The van der Waals surface area contributed by atoms with Crippen molar-refractivity contribution in [3.8, 4) is 11.3 Å². The van der Waals surface area contributed by atoms with Crippen molar-refractivity contribution < 1.29 is 22.7 Å². The van der Waals surface area contributed by atoms with Gasteiger partial charge in [0.15, 0.2) is 0 Å². The van der Waals surface area contributed by atoms with Gasteiger partial charge in [-0.2, -0.15) is 0 Å². The highest BCUT2D eigenvalue weighted by atomic mass is 19.3. The summed E-state index contributed by atoms with van der Waals surface area (Å²) in [5, 5.41) is 2.73. The summed E-state index contributed by atoms with van der Waals surface area (Å²) in [4.78, 5) is 21.4. The topological polar surface area (TPSA) is 64.1 Å². The second-order valence-corrected chi connectivity index (χ2v) is 7.02. The first kappa shape index (κ1) is 20.3. The smallest absolute Gasteiger partial charge is 0.257 e. The van der Waals surface area contributed by atoms with E-state index in [0.717, 1.165) is 0 Å². The number of alkyl halides is 2. The molecule has 0 atom stereocenters. The summed E-state index contributed by atoms with van der Waals surface area (Å²) in [6.07, 6.45) is -1.50. The van der Waals surface area contributed by atoms with Crippen molar-refractivity contribution in [1.29, 1.82) is 0 Å². The van der Waals surface area contributed by atoms with Crippen LogP contribution in [-0.4, -0.2) is 35.0 Å². The van der Waals surface area contributed by atoms with E-state index in [1.165, 1.54) is 19.2 Å². The van der Waals surface area contributed by atoms with Crippen molar-refractivity contribution in [2.45, 2.75) is 44.6 Å². The van der Waals surface area contributed by atoms with Crippen molar-refractivity contribution in [1.82, 2.24) is 9.97 Å². The number of nitrogens with one attached hydrogen (secondary N) is 1. The Labute approximate surface area is 161 Å². The minimum Gasteiger partial charge on any atom is -0.368 e. The van der Waals surface area contributed by atoms with Crippen LogP contribution in [0.4, 0.5) is 19.0 Å². The lowest BCUT2D eigenvalue weighted by Crippen LogP contribution is -2.48. The van der Waals surface area contributed by atoms with Crippen LogP contribution in [0.2, 0.25) is 0 Å². The van der Waals surface area contributed by atoms with Gasteiger partial charge < -0.3 is 10.1 Å². The number of amides is 1. The standard InChI is InChI=1S/C20H22F3N3O2/c1-12-24-16(13-3-5-15(21)6-4-13)11-17(25-12)26-19(27)20(28-2)9-7-14(8-10-20)18(22)23/h3-6,11,14,18H,7-10H2,1-2H3,(H,24,25,26,27). The molecule has 0 aliphatic heterocycles. The number of rotatable bonds is 5. The van der Waals surface area contributed by atoms with Crippen LogP contribution in [0.3, 0.4) is 0 Å². The molecule has 3 rings (SSSR count). The number of aromatic nitrogens is 2. The fourth-order valence-electron chi connectivity index (χ4n) is 3.51. The number of hydrogen-bond acceptors (Lipinski definition) is 4. The molecule has 1 aromatic carbocycles. The number of aryl methyl sites for hydroxylation is 1. The van der Waals surface area contributed by atoms with Crippen LogP contribution in [0.15, 0.2) is 30.3 Å². The fourth-order valence-corrected chi connectivity index (χ4v) is 3.51. The largest absolute Gasteiger partial charge is 0.368 e. The van der Waals surface area contributed by atoms with Crippen molar-refractivity contribution in [3.63, 3.8) is 0 Å². The average Bonchev–Trinajstić information content (AvgIpc) is 2.68. The predicted octanol–water partition coefficient (Wildman–Crippen LogP) is 4.37. The summed E-state index contributed by atoms with van der Waals surface area (Å²) in [7, 11) is 1.41. The van der Waals surface area contributed by atoms with Gasteiger partial charge in [0, 0.05) is 24.7 Å². The molecular weight excluding hydrogens is 371 g/mol. The summed E-state index contributed by atoms with van der Waals surface area (Å²) in [6, 6.07) is 7.42. The molecule has 5 nitrogen and oxygen atoms in total. The first-order valence-electron chi connectivity index (χ1n) is 9.09. The van der Waals surface area contributed by atoms with E-state index in [9.17, 15) is 18.0 Å². The minimum atomic E-state index is -2.39. The zero-order valence-corrected chi connectivity index (χ0v) is 15.7. The van der Waals surface area contributed by atoms with Gasteiger partial charge in [-0.3, -0.25) is 4.79 Å². The fraction of sp³-hybridized carbons (Fsp3) is 0.450. The third kappa shape index (κ3) is 4.32. The van der Waals surface area contributed by atoms with E-state index in [1.807, 2.05) is 0 Å². The zero-order valence-electron chi connectivity index (χ0n) is 15.7. The zero-order chi connectivity index (χ0) is 20.3. The van der Waals surface area contributed by atoms with E-state index in [1.54, 1.807) is 25.1 Å². The summed E-state index contributed by atoms with van der Waals surface area (Å²) in [6.45, 7) is 1.68. The molecule has 1 aromatic heterocycles. The molecule has 1 amide bonds. The van der Waals surface area contributed by atoms with Gasteiger partial charge in [0.1, 0.15) is 23.1 Å². The Morgan fingerprint density at radius 2 is 1.86 bits per heavy atom. The van der Waals surface area contributed by atoms with E-state index in [0.29, 0.717) is 17.1 Å². The van der Waals surface area contributed by atoms with Crippen LogP contribution in [0, 0.1) is 18.7 Å². The van der Waals surface area contributed by atoms with E-state index in [4.69, 9.17) is 4.74 Å². The highest BCUT2D eigenvalue weighted by Gasteiger charge is 2.44. The number of nitrogens with zero attached hydrogens (tertiary/aromatic N) is 2. The molecule has 28 heavy (non-hydrogen) atoms. The SMILES string of the molecule is COC1(C(=O)Nc2cc(-c3ccc(F)cc3)nc(C)n2)CCC(C(F)F)CC1. The number of carbonyl (C=O) groups is 1. The summed E-state index contributed by atoms with van der Waals surface area (Å²) < 4.78 is 44.4. The molecule has 1 N–H and O–H groups in total. The van der Waals surface area contributed by atoms with Crippen LogP contribution >= 0.6 is 0 Å². The van der Waals surface area contributed by atoms with Crippen LogP contribution in [0.1, 0.15) is 31.5 Å². The molecule has 8 heteroatoms. The van der Waals surface area contributed by atoms with Crippen molar-refractivity contribution in [2.75, 3.05) is 12.4 Å². The minimum absolute atomic E-state index is 0.221. The Bertz CT molecular complexity index is 835. The molecule has 1 aliphatic rings. The normalized spacial score (nSPS) is 22.3. The number of halogens is 3. The molecule has 2 aromatic rings. The highest BCUT2D eigenvalue weighted by Crippen LogP contribution is 2.38. The molecular formula is C20H22F3N3O2. The molecule has 150 valence electrons. The van der Waals surface area contributed by atoms with E-state index < -0.39 is 23.9 Å². The maximum atomic E-state index is 13.1. The molecule has 0 unspecified atom stereocenters. The van der Waals surface area contributed by atoms with Gasteiger partial charge in [0.2, 0.25) is 6.43 Å². The number of hydrogen-bond donors (Lipinski definition) is 1.